The predicted molar refractivity (Wildman–Crippen MR) is 113 cm³/mol. The van der Waals surface area contributed by atoms with Crippen molar-refractivity contribution in [1.29, 1.82) is 5.26 Å². The van der Waals surface area contributed by atoms with E-state index in [4.69, 9.17) is 0 Å². The summed E-state index contributed by atoms with van der Waals surface area (Å²) in [5, 5.41) is 23.1. The van der Waals surface area contributed by atoms with Gasteiger partial charge in [0.1, 0.15) is 0 Å². The van der Waals surface area contributed by atoms with Crippen molar-refractivity contribution in [2.24, 2.45) is 0 Å². The number of benzene rings is 3. The van der Waals surface area contributed by atoms with Crippen LogP contribution in [-0.2, 0) is 16.9 Å². The summed E-state index contributed by atoms with van der Waals surface area (Å²) in [7, 11) is 0. The molecule has 1 aliphatic rings. The van der Waals surface area contributed by atoms with Gasteiger partial charge in [0.2, 0.25) is 0 Å². The van der Waals surface area contributed by atoms with Crippen molar-refractivity contribution in [2.45, 2.75) is 18.6 Å². The maximum absolute atomic E-state index is 13.1. The number of nitriles is 1. The highest BCUT2D eigenvalue weighted by atomic mass is 16.3. The topological polar surface area (TPSA) is 93.4 Å². The van der Waals surface area contributed by atoms with Crippen LogP contribution in [0.2, 0.25) is 0 Å². The Morgan fingerprint density at radius 2 is 1.70 bits per heavy atom. The first kappa shape index (κ1) is 19.4. The van der Waals surface area contributed by atoms with Crippen LogP contribution in [-0.4, -0.2) is 16.9 Å². The zero-order chi connectivity index (χ0) is 21.1. The molecule has 0 aromatic heterocycles. The van der Waals surface area contributed by atoms with Crippen LogP contribution in [0.25, 0.3) is 0 Å². The van der Waals surface area contributed by atoms with E-state index in [9.17, 15) is 20.0 Å². The number of anilines is 2. The number of carbonyl (C=O) groups excluding carboxylic acids is 2. The zero-order valence-corrected chi connectivity index (χ0v) is 16.1. The van der Waals surface area contributed by atoms with E-state index in [-0.39, 0.29) is 18.9 Å². The molecule has 6 nitrogen and oxygen atoms in total. The van der Waals surface area contributed by atoms with E-state index >= 15 is 0 Å². The molecule has 0 aliphatic carbocycles. The summed E-state index contributed by atoms with van der Waals surface area (Å²) < 4.78 is 0. The second-order valence-electron chi connectivity index (χ2n) is 7.12. The van der Waals surface area contributed by atoms with E-state index in [1.54, 1.807) is 42.5 Å². The molecule has 1 aliphatic heterocycles. The number of hydrogen-bond donors (Lipinski definition) is 2. The van der Waals surface area contributed by atoms with Crippen molar-refractivity contribution in [1.82, 2.24) is 0 Å². The van der Waals surface area contributed by atoms with Gasteiger partial charge in [0, 0.05) is 16.8 Å². The maximum atomic E-state index is 13.1. The summed E-state index contributed by atoms with van der Waals surface area (Å²) in [6, 6.07) is 25.0. The van der Waals surface area contributed by atoms with Crippen molar-refractivity contribution in [3.63, 3.8) is 0 Å². The van der Waals surface area contributed by atoms with Crippen LogP contribution in [0.4, 0.5) is 11.4 Å². The van der Waals surface area contributed by atoms with Crippen LogP contribution in [0.5, 0.6) is 0 Å². The van der Waals surface area contributed by atoms with Crippen molar-refractivity contribution in [3.05, 3.63) is 95.6 Å². The van der Waals surface area contributed by atoms with E-state index in [0.29, 0.717) is 22.5 Å². The maximum Gasteiger partial charge on any atom is 0.265 e. The molecule has 3 aromatic rings. The Morgan fingerprint density at radius 1 is 1.03 bits per heavy atom. The third-order valence-electron chi connectivity index (χ3n) is 5.14. The lowest BCUT2D eigenvalue weighted by Crippen LogP contribution is -2.39. The molecule has 4 rings (SSSR count). The zero-order valence-electron chi connectivity index (χ0n) is 16.1. The van der Waals surface area contributed by atoms with Gasteiger partial charge in [-0.05, 0) is 35.9 Å². The smallest absolute Gasteiger partial charge is 0.265 e. The Kier molecular flexibility index (Phi) is 5.05. The van der Waals surface area contributed by atoms with Gasteiger partial charge in [-0.1, -0.05) is 48.5 Å². The van der Waals surface area contributed by atoms with E-state index in [1.807, 2.05) is 42.5 Å². The van der Waals surface area contributed by atoms with Crippen molar-refractivity contribution < 1.29 is 14.7 Å². The van der Waals surface area contributed by atoms with Gasteiger partial charge < -0.3 is 15.3 Å². The molecule has 2 amide bonds. The molecule has 0 saturated heterocycles. The Bertz CT molecular complexity index is 1140. The lowest BCUT2D eigenvalue weighted by Gasteiger charge is -2.21. The van der Waals surface area contributed by atoms with Gasteiger partial charge in [0.25, 0.3) is 11.8 Å². The van der Waals surface area contributed by atoms with Crippen LogP contribution < -0.4 is 10.2 Å². The number of rotatable bonds is 5. The van der Waals surface area contributed by atoms with Crippen molar-refractivity contribution in [3.8, 4) is 6.07 Å². The fourth-order valence-corrected chi connectivity index (χ4v) is 3.63. The average Bonchev–Trinajstić information content (AvgIpc) is 2.97. The highest BCUT2D eigenvalue weighted by Gasteiger charge is 2.49. The van der Waals surface area contributed by atoms with Crippen molar-refractivity contribution in [2.75, 3.05) is 10.2 Å². The van der Waals surface area contributed by atoms with Gasteiger partial charge in [-0.3, -0.25) is 9.59 Å². The van der Waals surface area contributed by atoms with Gasteiger partial charge >= 0.3 is 0 Å². The molecular formula is C24H19N3O3. The molecule has 0 fully saturated rings. The molecule has 0 bridgehead atoms. The number of aliphatic hydroxyl groups is 1. The van der Waals surface area contributed by atoms with Crippen LogP contribution >= 0.6 is 0 Å². The van der Waals surface area contributed by atoms with Crippen LogP contribution in [0.15, 0.2) is 78.9 Å². The molecule has 0 saturated carbocycles. The number of fused-ring (bicyclic) bond motifs is 1. The molecule has 1 atom stereocenters. The number of nitrogens with zero attached hydrogens (tertiary/aromatic N) is 2. The number of hydrogen-bond acceptors (Lipinski definition) is 4. The molecular weight excluding hydrogens is 378 g/mol. The molecule has 1 unspecified atom stereocenters. The molecule has 0 spiro atoms. The van der Waals surface area contributed by atoms with Gasteiger partial charge in [0.15, 0.2) is 5.60 Å². The lowest BCUT2D eigenvalue weighted by atomic mass is 9.92. The fraction of sp³-hybridized carbons (Fsp3) is 0.125. The molecule has 2 N–H and O–H groups in total. The molecule has 0 radical (unpaired) electrons. The van der Waals surface area contributed by atoms with Crippen LogP contribution in [0.1, 0.15) is 27.9 Å². The van der Waals surface area contributed by atoms with Gasteiger partial charge in [-0.15, -0.1) is 0 Å². The number of amides is 2. The quantitative estimate of drug-likeness (QED) is 0.688. The highest BCUT2D eigenvalue weighted by molar-refractivity contribution is 6.08. The van der Waals surface area contributed by atoms with Gasteiger partial charge in [-0.25, -0.2) is 0 Å². The Labute approximate surface area is 174 Å². The largest absolute Gasteiger partial charge is 0.374 e. The molecule has 3 aromatic carbocycles. The molecule has 6 heteroatoms. The van der Waals surface area contributed by atoms with Gasteiger partial charge in [0.05, 0.1) is 24.7 Å². The second kappa shape index (κ2) is 7.82. The molecule has 148 valence electrons. The Morgan fingerprint density at radius 3 is 2.37 bits per heavy atom. The minimum Gasteiger partial charge on any atom is -0.374 e. The summed E-state index contributed by atoms with van der Waals surface area (Å²) in [6.07, 6.45) is -0.375. The third kappa shape index (κ3) is 3.43. The standard InChI is InChI=1S/C24H19N3O3/c25-14-13-24(30)20-15-19(26-22(28)18-9-5-2-6-10-18)11-12-21(20)27(23(24)29)16-17-7-3-1-4-8-17/h1-12,15,30H,13,16H2,(H,26,28). The SMILES string of the molecule is N#CCC1(O)C(=O)N(Cc2ccccc2)c2ccc(NC(=O)c3ccccc3)cc21. The summed E-state index contributed by atoms with van der Waals surface area (Å²) >= 11 is 0. The Balaban J connectivity index is 1.69. The highest BCUT2D eigenvalue weighted by Crippen LogP contribution is 2.44. The Hall–Kier alpha value is -3.95. The minimum absolute atomic E-state index is 0.274. The summed E-state index contributed by atoms with van der Waals surface area (Å²) in [5.74, 6) is -0.848. The fourth-order valence-electron chi connectivity index (χ4n) is 3.63. The number of nitrogens with one attached hydrogen (secondary N) is 1. The van der Waals surface area contributed by atoms with Crippen molar-refractivity contribution >= 4 is 23.2 Å². The second-order valence-corrected chi connectivity index (χ2v) is 7.12. The van der Waals surface area contributed by atoms with E-state index in [0.717, 1.165) is 5.56 Å². The van der Waals surface area contributed by atoms with E-state index < -0.39 is 11.5 Å². The normalized spacial score (nSPS) is 17.3. The molecule has 30 heavy (non-hydrogen) atoms. The average molecular weight is 397 g/mol. The van der Waals surface area contributed by atoms with Crippen LogP contribution in [0.3, 0.4) is 0 Å². The van der Waals surface area contributed by atoms with E-state index in [1.165, 1.54) is 4.90 Å². The molecule has 1 heterocycles. The summed E-state index contributed by atoms with van der Waals surface area (Å²) in [4.78, 5) is 27.0. The number of carbonyl (C=O) groups is 2. The van der Waals surface area contributed by atoms with Gasteiger partial charge in [-0.2, -0.15) is 5.26 Å². The summed E-state index contributed by atoms with van der Waals surface area (Å²) in [6.45, 7) is 0.274. The lowest BCUT2D eigenvalue weighted by molar-refractivity contribution is -0.135. The first-order chi connectivity index (χ1) is 14.5. The first-order valence-corrected chi connectivity index (χ1v) is 9.49. The summed E-state index contributed by atoms with van der Waals surface area (Å²) in [5.41, 5.74) is 0.724. The first-order valence-electron chi connectivity index (χ1n) is 9.49. The minimum atomic E-state index is -1.95. The monoisotopic (exact) mass is 397 g/mol. The van der Waals surface area contributed by atoms with E-state index in [2.05, 4.69) is 5.32 Å². The van der Waals surface area contributed by atoms with Crippen LogP contribution in [0, 0.1) is 11.3 Å². The predicted octanol–water partition coefficient (Wildman–Crippen LogP) is 3.59. The third-order valence-corrected chi connectivity index (χ3v) is 5.14.